The van der Waals surface area contributed by atoms with Crippen LogP contribution in [0.15, 0.2) is 57.9 Å². The third kappa shape index (κ3) is 4.04. The van der Waals surface area contributed by atoms with Gasteiger partial charge in [0.25, 0.3) is 5.91 Å². The van der Waals surface area contributed by atoms with Crippen LogP contribution < -0.4 is 9.64 Å². The van der Waals surface area contributed by atoms with Gasteiger partial charge in [-0.25, -0.2) is 0 Å². The van der Waals surface area contributed by atoms with Gasteiger partial charge in [-0.2, -0.15) is 4.98 Å². The maximum absolute atomic E-state index is 13.1. The molecule has 0 spiro atoms. The maximum atomic E-state index is 13.1. The van der Waals surface area contributed by atoms with Gasteiger partial charge in [0, 0.05) is 23.4 Å². The zero-order valence-electron chi connectivity index (χ0n) is 15.6. The molecule has 3 aromatic rings. The number of anilines is 1. The van der Waals surface area contributed by atoms with Crippen LogP contribution in [0.25, 0.3) is 0 Å². The van der Waals surface area contributed by atoms with Crippen molar-refractivity contribution in [1.29, 1.82) is 0 Å². The van der Waals surface area contributed by atoms with E-state index in [4.69, 9.17) is 9.26 Å². The van der Waals surface area contributed by atoms with Gasteiger partial charge in [-0.05, 0) is 48.6 Å². The average molecular weight is 395 g/mol. The molecule has 0 N–H and O–H groups in total. The molecule has 2 heterocycles. The molecular formula is C21H21N3O3S. The van der Waals surface area contributed by atoms with Crippen molar-refractivity contribution in [2.75, 3.05) is 17.2 Å². The molecule has 6 nitrogen and oxygen atoms in total. The molecule has 0 saturated heterocycles. The number of aromatic nitrogens is 2. The molecule has 1 aromatic heterocycles. The number of ether oxygens (including phenoxy) is 1. The van der Waals surface area contributed by atoms with Crippen LogP contribution in [0.5, 0.6) is 5.75 Å². The Labute approximate surface area is 167 Å². The molecule has 0 atom stereocenters. The molecule has 7 heteroatoms. The van der Waals surface area contributed by atoms with Gasteiger partial charge in [0.1, 0.15) is 5.75 Å². The van der Waals surface area contributed by atoms with E-state index in [2.05, 4.69) is 16.2 Å². The number of aryl methyl sites for hydroxylation is 1. The van der Waals surface area contributed by atoms with E-state index in [1.807, 2.05) is 30.0 Å². The van der Waals surface area contributed by atoms with Crippen LogP contribution in [0, 0.1) is 0 Å². The molecule has 0 fully saturated rings. The van der Waals surface area contributed by atoms with Gasteiger partial charge in [0.05, 0.1) is 5.69 Å². The van der Waals surface area contributed by atoms with Gasteiger partial charge in [-0.3, -0.25) is 4.79 Å². The second kappa shape index (κ2) is 8.48. The Morgan fingerprint density at radius 1 is 1.21 bits per heavy atom. The molecule has 1 aliphatic rings. The Morgan fingerprint density at radius 2 is 2.04 bits per heavy atom. The summed E-state index contributed by atoms with van der Waals surface area (Å²) in [4.78, 5) is 20.3. The predicted octanol–water partition coefficient (Wildman–Crippen LogP) is 4.35. The summed E-state index contributed by atoms with van der Waals surface area (Å²) < 4.78 is 10.8. The van der Waals surface area contributed by atoms with Crippen molar-refractivity contribution in [1.82, 2.24) is 10.1 Å². The van der Waals surface area contributed by atoms with Gasteiger partial charge in [-0.15, -0.1) is 11.8 Å². The summed E-state index contributed by atoms with van der Waals surface area (Å²) in [6, 6.07) is 15.3. The van der Waals surface area contributed by atoms with Crippen LogP contribution in [0.4, 0.5) is 5.69 Å². The number of carbonyl (C=O) groups excluding carboxylic acids is 1. The summed E-state index contributed by atoms with van der Waals surface area (Å²) in [7, 11) is 0. The third-order valence-electron chi connectivity index (χ3n) is 4.47. The van der Waals surface area contributed by atoms with E-state index in [0.717, 1.165) is 29.3 Å². The number of nitrogens with zero attached hydrogens (tertiary/aromatic N) is 3. The number of hydrogen-bond acceptors (Lipinski definition) is 6. The molecule has 0 saturated carbocycles. The highest BCUT2D eigenvalue weighted by molar-refractivity contribution is 7.99. The van der Waals surface area contributed by atoms with Crippen LogP contribution in [0.3, 0.4) is 0 Å². The van der Waals surface area contributed by atoms with Crippen molar-refractivity contribution in [3.05, 3.63) is 65.8 Å². The van der Waals surface area contributed by atoms with Crippen LogP contribution in [-0.2, 0) is 13.0 Å². The second-order valence-corrected chi connectivity index (χ2v) is 7.53. The molecule has 0 aliphatic carbocycles. The zero-order chi connectivity index (χ0) is 19.3. The first-order valence-corrected chi connectivity index (χ1v) is 10.3. The summed E-state index contributed by atoms with van der Waals surface area (Å²) in [5.41, 5.74) is 1.63. The van der Waals surface area contributed by atoms with E-state index in [0.29, 0.717) is 29.4 Å². The van der Waals surface area contributed by atoms with E-state index in [1.54, 1.807) is 36.0 Å². The highest BCUT2D eigenvalue weighted by Gasteiger charge is 2.22. The quantitative estimate of drug-likeness (QED) is 0.640. The molecule has 4 rings (SSSR count). The Bertz CT molecular complexity index is 956. The monoisotopic (exact) mass is 395 g/mol. The molecule has 2 aromatic carbocycles. The molecule has 28 heavy (non-hydrogen) atoms. The third-order valence-corrected chi connectivity index (χ3v) is 5.62. The van der Waals surface area contributed by atoms with Crippen LogP contribution >= 0.6 is 11.8 Å². The highest BCUT2D eigenvalue weighted by Crippen LogP contribution is 2.34. The predicted molar refractivity (Wildman–Crippen MR) is 108 cm³/mol. The topological polar surface area (TPSA) is 68.5 Å². The fraction of sp³-hybridized carbons (Fsp3) is 0.286. The van der Waals surface area contributed by atoms with E-state index >= 15 is 0 Å². The van der Waals surface area contributed by atoms with Crippen molar-refractivity contribution in [3.8, 4) is 5.75 Å². The van der Waals surface area contributed by atoms with Gasteiger partial charge in [0.15, 0.2) is 6.61 Å². The number of rotatable bonds is 5. The number of fused-ring (bicyclic) bond motifs is 1. The summed E-state index contributed by atoms with van der Waals surface area (Å²) in [5, 5.41) is 3.87. The van der Waals surface area contributed by atoms with E-state index in [-0.39, 0.29) is 12.5 Å². The summed E-state index contributed by atoms with van der Waals surface area (Å²) in [5.74, 6) is 2.79. The van der Waals surface area contributed by atoms with Gasteiger partial charge < -0.3 is 14.2 Å². The first kappa shape index (κ1) is 18.6. The Hall–Kier alpha value is -2.80. The number of benzene rings is 2. The minimum Gasteiger partial charge on any atom is -0.485 e. The summed E-state index contributed by atoms with van der Waals surface area (Å²) in [6.07, 6.45) is 1.67. The lowest BCUT2D eigenvalue weighted by molar-refractivity contribution is 0.0986. The van der Waals surface area contributed by atoms with Crippen LogP contribution in [-0.4, -0.2) is 28.3 Å². The normalized spacial score (nSPS) is 13.7. The van der Waals surface area contributed by atoms with E-state index in [9.17, 15) is 4.79 Å². The van der Waals surface area contributed by atoms with Crippen molar-refractivity contribution in [2.45, 2.75) is 31.3 Å². The fourth-order valence-corrected chi connectivity index (χ4v) is 4.02. The fourth-order valence-electron chi connectivity index (χ4n) is 3.03. The first-order chi connectivity index (χ1) is 13.7. The lowest BCUT2D eigenvalue weighted by Gasteiger charge is -2.22. The molecule has 1 amide bonds. The largest absolute Gasteiger partial charge is 0.485 e. The Morgan fingerprint density at radius 3 is 2.82 bits per heavy atom. The highest BCUT2D eigenvalue weighted by atomic mass is 32.2. The zero-order valence-corrected chi connectivity index (χ0v) is 16.4. The van der Waals surface area contributed by atoms with Crippen LogP contribution in [0.2, 0.25) is 0 Å². The molecule has 144 valence electrons. The van der Waals surface area contributed by atoms with Crippen molar-refractivity contribution >= 4 is 23.4 Å². The Kier molecular flexibility index (Phi) is 5.62. The average Bonchev–Trinajstić information content (AvgIpc) is 3.10. The standard InChI is InChI=1S/C21H21N3O3S/c1-2-20-22-19(23-27-20)14-26-16-10-8-15(9-11-16)21(25)24-12-5-13-28-18-7-4-3-6-17(18)24/h3-4,6-11H,2,5,12-14H2,1H3. The summed E-state index contributed by atoms with van der Waals surface area (Å²) >= 11 is 1.80. The molecule has 0 bridgehead atoms. The minimum absolute atomic E-state index is 0.00672. The number of para-hydroxylation sites is 1. The smallest absolute Gasteiger partial charge is 0.258 e. The molecule has 0 unspecified atom stereocenters. The van der Waals surface area contributed by atoms with Crippen molar-refractivity contribution in [2.24, 2.45) is 0 Å². The van der Waals surface area contributed by atoms with Crippen molar-refractivity contribution in [3.63, 3.8) is 0 Å². The van der Waals surface area contributed by atoms with Crippen molar-refractivity contribution < 1.29 is 14.1 Å². The number of thioether (sulfide) groups is 1. The summed E-state index contributed by atoms with van der Waals surface area (Å²) in [6.45, 7) is 2.90. The number of amides is 1. The SMILES string of the molecule is CCc1nc(COc2ccc(C(=O)N3CCCSc4ccccc43)cc2)no1. The van der Waals surface area contributed by atoms with E-state index in [1.165, 1.54) is 0 Å². The molecular weight excluding hydrogens is 374 g/mol. The van der Waals surface area contributed by atoms with Crippen LogP contribution in [0.1, 0.15) is 35.4 Å². The number of carbonyl (C=O) groups is 1. The number of hydrogen-bond donors (Lipinski definition) is 0. The lowest BCUT2D eigenvalue weighted by Crippen LogP contribution is -2.31. The van der Waals surface area contributed by atoms with Gasteiger partial charge in [0.2, 0.25) is 11.7 Å². The molecule has 1 aliphatic heterocycles. The van der Waals surface area contributed by atoms with Gasteiger partial charge >= 0.3 is 0 Å². The maximum Gasteiger partial charge on any atom is 0.258 e. The van der Waals surface area contributed by atoms with Gasteiger partial charge in [-0.1, -0.05) is 24.2 Å². The molecule has 0 radical (unpaired) electrons. The minimum atomic E-state index is 0.00672. The first-order valence-electron chi connectivity index (χ1n) is 9.32. The van der Waals surface area contributed by atoms with E-state index < -0.39 is 0 Å². The lowest BCUT2D eigenvalue weighted by atomic mass is 10.1. The Balaban J connectivity index is 1.45. The second-order valence-electron chi connectivity index (χ2n) is 6.40.